The minimum atomic E-state index is -0.412. The highest BCUT2D eigenvalue weighted by Gasteiger charge is 2.15. The third-order valence-corrected chi connectivity index (χ3v) is 3.14. The molecule has 6 nitrogen and oxygen atoms in total. The average Bonchev–Trinajstić information content (AvgIpc) is 2.49. The van der Waals surface area contributed by atoms with Crippen molar-refractivity contribution in [3.63, 3.8) is 0 Å². The van der Waals surface area contributed by atoms with Gasteiger partial charge in [-0.3, -0.25) is 4.79 Å². The van der Waals surface area contributed by atoms with Crippen molar-refractivity contribution in [2.75, 3.05) is 0 Å². The normalized spacial score (nSPS) is 10.5. The summed E-state index contributed by atoms with van der Waals surface area (Å²) < 4.78 is 0. The summed E-state index contributed by atoms with van der Waals surface area (Å²) in [5.74, 6) is -0.112. The number of aromatic amines is 1. The van der Waals surface area contributed by atoms with E-state index in [0.29, 0.717) is 11.3 Å². The zero-order chi connectivity index (χ0) is 14.8. The second kappa shape index (κ2) is 5.16. The standard InChI is InChI=1S/C15H12N4O2/c1-9-4-2-3-5-10(9)12-14(20)18-13(19-15(12)21)11-6-7-16-8-17-11/h2-8H,1H3,(H2,18,19,20,21). The van der Waals surface area contributed by atoms with E-state index in [2.05, 4.69) is 19.9 Å². The molecule has 0 fully saturated rings. The predicted molar refractivity (Wildman–Crippen MR) is 77.7 cm³/mol. The fraction of sp³-hybridized carbons (Fsp3) is 0.0667. The first-order valence-electron chi connectivity index (χ1n) is 6.32. The Balaban J connectivity index is 2.19. The first-order chi connectivity index (χ1) is 10.2. The largest absolute Gasteiger partial charge is 0.493 e. The number of aromatic nitrogens is 4. The first kappa shape index (κ1) is 13.0. The average molecular weight is 280 g/mol. The Morgan fingerprint density at radius 2 is 2.00 bits per heavy atom. The van der Waals surface area contributed by atoms with E-state index < -0.39 is 5.56 Å². The fourth-order valence-electron chi connectivity index (χ4n) is 2.11. The van der Waals surface area contributed by atoms with Crippen LogP contribution in [-0.2, 0) is 0 Å². The number of hydrogen-bond donors (Lipinski definition) is 2. The van der Waals surface area contributed by atoms with Crippen LogP contribution in [-0.4, -0.2) is 25.0 Å². The summed E-state index contributed by atoms with van der Waals surface area (Å²) in [6.07, 6.45) is 2.89. The Morgan fingerprint density at radius 1 is 1.19 bits per heavy atom. The number of aryl methyl sites for hydroxylation is 1. The highest BCUT2D eigenvalue weighted by molar-refractivity contribution is 5.71. The molecule has 0 bridgehead atoms. The zero-order valence-corrected chi connectivity index (χ0v) is 11.2. The summed E-state index contributed by atoms with van der Waals surface area (Å²) in [5, 5.41) is 10.1. The molecule has 0 aliphatic rings. The lowest BCUT2D eigenvalue weighted by Crippen LogP contribution is -2.13. The molecule has 3 rings (SSSR count). The van der Waals surface area contributed by atoms with Gasteiger partial charge < -0.3 is 10.1 Å². The summed E-state index contributed by atoms with van der Waals surface area (Å²) in [4.78, 5) is 26.8. The molecule has 0 amide bonds. The van der Waals surface area contributed by atoms with Crippen LogP contribution in [0.4, 0.5) is 0 Å². The van der Waals surface area contributed by atoms with Crippen LogP contribution in [0.15, 0.2) is 47.7 Å². The van der Waals surface area contributed by atoms with Crippen molar-refractivity contribution < 1.29 is 5.11 Å². The van der Waals surface area contributed by atoms with Crippen molar-refractivity contribution in [3.05, 3.63) is 58.8 Å². The molecule has 3 aromatic rings. The van der Waals surface area contributed by atoms with E-state index in [9.17, 15) is 9.90 Å². The monoisotopic (exact) mass is 280 g/mol. The molecular weight excluding hydrogens is 268 g/mol. The highest BCUT2D eigenvalue weighted by Crippen LogP contribution is 2.27. The van der Waals surface area contributed by atoms with Gasteiger partial charge in [-0.2, -0.15) is 4.98 Å². The number of nitrogens with one attached hydrogen (secondary N) is 1. The first-order valence-corrected chi connectivity index (χ1v) is 6.32. The van der Waals surface area contributed by atoms with Crippen LogP contribution in [0.5, 0.6) is 5.88 Å². The Hall–Kier alpha value is -3.02. The van der Waals surface area contributed by atoms with Crippen molar-refractivity contribution in [1.82, 2.24) is 19.9 Å². The predicted octanol–water partition coefficient (Wildman–Crippen LogP) is 1.91. The molecule has 2 N–H and O–H groups in total. The summed E-state index contributed by atoms with van der Waals surface area (Å²) in [6.45, 7) is 1.87. The molecule has 21 heavy (non-hydrogen) atoms. The third-order valence-electron chi connectivity index (χ3n) is 3.14. The van der Waals surface area contributed by atoms with Gasteiger partial charge in [0.1, 0.15) is 17.6 Å². The number of hydrogen-bond acceptors (Lipinski definition) is 5. The molecule has 1 aromatic carbocycles. The molecular formula is C15H12N4O2. The number of aromatic hydroxyl groups is 1. The van der Waals surface area contributed by atoms with Gasteiger partial charge in [0.25, 0.3) is 5.56 Å². The minimum Gasteiger partial charge on any atom is -0.493 e. The van der Waals surface area contributed by atoms with Crippen LogP contribution in [0.25, 0.3) is 22.6 Å². The van der Waals surface area contributed by atoms with Crippen LogP contribution >= 0.6 is 0 Å². The molecule has 2 aromatic heterocycles. The quantitative estimate of drug-likeness (QED) is 0.748. The van der Waals surface area contributed by atoms with Gasteiger partial charge in [-0.25, -0.2) is 9.97 Å². The SMILES string of the molecule is Cc1ccccc1-c1c(O)nc(-c2ccncn2)[nH]c1=O. The van der Waals surface area contributed by atoms with Gasteiger partial charge in [0.05, 0.1) is 0 Å². The topological polar surface area (TPSA) is 91.8 Å². The molecule has 0 aliphatic heterocycles. The lowest BCUT2D eigenvalue weighted by atomic mass is 10.0. The molecule has 0 saturated carbocycles. The van der Waals surface area contributed by atoms with E-state index >= 15 is 0 Å². The van der Waals surface area contributed by atoms with Gasteiger partial charge >= 0.3 is 0 Å². The van der Waals surface area contributed by atoms with Crippen molar-refractivity contribution in [2.45, 2.75) is 6.92 Å². The van der Waals surface area contributed by atoms with Crippen LogP contribution in [0, 0.1) is 6.92 Å². The Kier molecular flexibility index (Phi) is 3.19. The van der Waals surface area contributed by atoms with Crippen LogP contribution in [0.2, 0.25) is 0 Å². The van der Waals surface area contributed by atoms with Crippen molar-refractivity contribution in [3.8, 4) is 28.5 Å². The lowest BCUT2D eigenvalue weighted by molar-refractivity contribution is 0.454. The second-order valence-corrected chi connectivity index (χ2v) is 4.52. The zero-order valence-electron chi connectivity index (χ0n) is 11.2. The highest BCUT2D eigenvalue weighted by atomic mass is 16.3. The van der Waals surface area contributed by atoms with Crippen molar-refractivity contribution in [1.29, 1.82) is 0 Å². The smallest absolute Gasteiger partial charge is 0.262 e. The number of rotatable bonds is 2. The molecule has 104 valence electrons. The van der Waals surface area contributed by atoms with E-state index in [1.807, 2.05) is 19.1 Å². The number of nitrogens with zero attached hydrogens (tertiary/aromatic N) is 3. The molecule has 0 aliphatic carbocycles. The minimum absolute atomic E-state index is 0.158. The number of benzene rings is 1. The van der Waals surface area contributed by atoms with E-state index in [-0.39, 0.29) is 17.3 Å². The molecule has 0 radical (unpaired) electrons. The molecule has 2 heterocycles. The fourth-order valence-corrected chi connectivity index (χ4v) is 2.11. The van der Waals surface area contributed by atoms with Gasteiger partial charge in [-0.05, 0) is 24.1 Å². The van der Waals surface area contributed by atoms with Crippen LogP contribution in [0.1, 0.15) is 5.56 Å². The van der Waals surface area contributed by atoms with E-state index in [4.69, 9.17) is 0 Å². The molecule has 0 atom stereocenters. The maximum absolute atomic E-state index is 12.3. The van der Waals surface area contributed by atoms with E-state index in [0.717, 1.165) is 5.56 Å². The van der Waals surface area contributed by atoms with Crippen molar-refractivity contribution >= 4 is 0 Å². The third kappa shape index (κ3) is 2.38. The Morgan fingerprint density at radius 3 is 2.67 bits per heavy atom. The number of H-pyrrole nitrogens is 1. The van der Waals surface area contributed by atoms with Gasteiger partial charge in [0, 0.05) is 6.20 Å². The maximum Gasteiger partial charge on any atom is 0.262 e. The molecule has 0 spiro atoms. The summed E-state index contributed by atoms with van der Waals surface area (Å²) in [5.41, 5.74) is 1.72. The summed E-state index contributed by atoms with van der Waals surface area (Å²) >= 11 is 0. The molecule has 6 heteroatoms. The van der Waals surface area contributed by atoms with Crippen LogP contribution in [0.3, 0.4) is 0 Å². The summed E-state index contributed by atoms with van der Waals surface area (Å²) in [6, 6.07) is 8.91. The second-order valence-electron chi connectivity index (χ2n) is 4.52. The molecule has 0 unspecified atom stereocenters. The van der Waals surface area contributed by atoms with Gasteiger partial charge in [-0.15, -0.1) is 0 Å². The van der Waals surface area contributed by atoms with Gasteiger partial charge in [0.15, 0.2) is 5.82 Å². The molecule has 0 saturated heterocycles. The summed E-state index contributed by atoms with van der Waals surface area (Å²) in [7, 11) is 0. The Labute approximate surface area is 120 Å². The van der Waals surface area contributed by atoms with Crippen molar-refractivity contribution in [2.24, 2.45) is 0 Å². The van der Waals surface area contributed by atoms with Gasteiger partial charge in [0.2, 0.25) is 5.88 Å². The lowest BCUT2D eigenvalue weighted by Gasteiger charge is -2.08. The van der Waals surface area contributed by atoms with E-state index in [1.54, 1.807) is 18.2 Å². The Bertz CT molecular complexity index is 844. The maximum atomic E-state index is 12.3. The van der Waals surface area contributed by atoms with Gasteiger partial charge in [-0.1, -0.05) is 24.3 Å². The van der Waals surface area contributed by atoms with Crippen LogP contribution < -0.4 is 5.56 Å². The van der Waals surface area contributed by atoms with E-state index in [1.165, 1.54) is 12.5 Å².